The Morgan fingerprint density at radius 1 is 1.06 bits per heavy atom. The van der Waals surface area contributed by atoms with Gasteiger partial charge in [-0.15, -0.1) is 0 Å². The van der Waals surface area contributed by atoms with Crippen LogP contribution in [0.25, 0.3) is 0 Å². The summed E-state index contributed by atoms with van der Waals surface area (Å²) in [5.74, 6) is 1.64. The van der Waals surface area contributed by atoms with Gasteiger partial charge in [-0.05, 0) is 43.3 Å². The molecule has 1 aromatic carbocycles. The molecule has 0 aliphatic carbocycles. The van der Waals surface area contributed by atoms with Gasteiger partial charge in [0.1, 0.15) is 0 Å². The minimum Gasteiger partial charge on any atom is -0.493 e. The Balaban J connectivity index is 0.000000606. The number of benzene rings is 1. The number of hydrogen-bond donors (Lipinski definition) is 2. The minimum absolute atomic E-state index is 0.815. The summed E-state index contributed by atoms with van der Waals surface area (Å²) < 4.78 is 10.5. The molecule has 1 aliphatic rings. The van der Waals surface area contributed by atoms with E-state index in [1.54, 1.807) is 14.2 Å². The van der Waals surface area contributed by atoms with E-state index in [2.05, 4.69) is 23.2 Å². The van der Waals surface area contributed by atoms with Crippen LogP contribution in [0, 0.1) is 0 Å². The summed E-state index contributed by atoms with van der Waals surface area (Å²) in [4.78, 5) is 0. The zero-order chi connectivity index (χ0) is 12.0. The van der Waals surface area contributed by atoms with E-state index in [9.17, 15) is 0 Å². The van der Waals surface area contributed by atoms with Gasteiger partial charge in [-0.25, -0.2) is 0 Å². The molecule has 0 spiro atoms. The zero-order valence-corrected chi connectivity index (χ0v) is 10.2. The fourth-order valence-electron chi connectivity index (χ4n) is 1.81. The predicted octanol–water partition coefficient (Wildman–Crippen LogP) is 0.924. The molecule has 0 radical (unpaired) electrons. The SMILES string of the molecule is CN.COc1cc2c(cc1OC)CNCC2. The second-order valence-electron chi connectivity index (χ2n) is 3.40. The van der Waals surface area contributed by atoms with E-state index < -0.39 is 0 Å². The second kappa shape index (κ2) is 6.35. The van der Waals surface area contributed by atoms with Gasteiger partial charge in [0.2, 0.25) is 0 Å². The Bertz CT molecular complexity index is 296. The van der Waals surface area contributed by atoms with Gasteiger partial charge in [0.15, 0.2) is 11.5 Å². The standard InChI is InChI=1S/C11H15NO2.CH5N/c1-13-10-5-8-3-4-12-7-9(8)6-11(10)14-2;1-2/h5-6,12H,3-4,7H2,1-2H3;2H2,1H3. The minimum atomic E-state index is 0.815. The number of nitrogens with one attached hydrogen (secondary N) is 1. The van der Waals surface area contributed by atoms with Crippen LogP contribution in [0.2, 0.25) is 0 Å². The Morgan fingerprint density at radius 3 is 2.19 bits per heavy atom. The topological polar surface area (TPSA) is 56.5 Å². The molecule has 1 aromatic rings. The molecular formula is C12H20N2O2. The summed E-state index contributed by atoms with van der Waals surface area (Å²) in [5.41, 5.74) is 7.18. The molecule has 2 rings (SSSR count). The molecule has 16 heavy (non-hydrogen) atoms. The molecule has 0 amide bonds. The van der Waals surface area contributed by atoms with Crippen LogP contribution in [0.1, 0.15) is 11.1 Å². The van der Waals surface area contributed by atoms with Crippen LogP contribution < -0.4 is 20.5 Å². The molecule has 0 bridgehead atoms. The lowest BCUT2D eigenvalue weighted by molar-refractivity contribution is 0.353. The van der Waals surface area contributed by atoms with Crippen molar-refractivity contribution in [3.63, 3.8) is 0 Å². The van der Waals surface area contributed by atoms with Crippen molar-refractivity contribution >= 4 is 0 Å². The van der Waals surface area contributed by atoms with Gasteiger partial charge in [0.25, 0.3) is 0 Å². The highest BCUT2D eigenvalue weighted by Gasteiger charge is 2.13. The maximum Gasteiger partial charge on any atom is 0.161 e. The highest BCUT2D eigenvalue weighted by molar-refractivity contribution is 5.48. The van der Waals surface area contributed by atoms with Crippen molar-refractivity contribution in [3.8, 4) is 11.5 Å². The van der Waals surface area contributed by atoms with E-state index in [1.165, 1.54) is 18.2 Å². The summed E-state index contributed by atoms with van der Waals surface area (Å²) in [5, 5.41) is 3.33. The van der Waals surface area contributed by atoms with Gasteiger partial charge in [0.05, 0.1) is 14.2 Å². The maximum atomic E-state index is 5.26. The Labute approximate surface area is 96.7 Å². The number of ether oxygens (including phenoxy) is 2. The van der Waals surface area contributed by atoms with Gasteiger partial charge < -0.3 is 20.5 Å². The highest BCUT2D eigenvalue weighted by atomic mass is 16.5. The van der Waals surface area contributed by atoms with Crippen LogP contribution >= 0.6 is 0 Å². The molecule has 0 atom stereocenters. The van der Waals surface area contributed by atoms with Crippen molar-refractivity contribution < 1.29 is 9.47 Å². The van der Waals surface area contributed by atoms with Gasteiger partial charge in [-0.3, -0.25) is 0 Å². The number of fused-ring (bicyclic) bond motifs is 1. The largest absolute Gasteiger partial charge is 0.493 e. The van der Waals surface area contributed by atoms with Crippen molar-refractivity contribution in [2.75, 3.05) is 27.8 Å². The summed E-state index contributed by atoms with van der Waals surface area (Å²) in [6.07, 6.45) is 1.07. The molecule has 1 aliphatic heterocycles. The third-order valence-electron chi connectivity index (χ3n) is 2.59. The smallest absolute Gasteiger partial charge is 0.161 e. The normalized spacial score (nSPS) is 13.2. The molecule has 3 N–H and O–H groups in total. The first-order chi connectivity index (χ1) is 7.85. The third-order valence-corrected chi connectivity index (χ3v) is 2.59. The molecule has 0 fully saturated rings. The van der Waals surface area contributed by atoms with Crippen molar-refractivity contribution in [1.82, 2.24) is 5.32 Å². The first kappa shape index (κ1) is 12.8. The molecule has 0 unspecified atom stereocenters. The first-order valence-corrected chi connectivity index (χ1v) is 5.37. The van der Waals surface area contributed by atoms with Crippen LogP contribution in [-0.4, -0.2) is 27.8 Å². The lowest BCUT2D eigenvalue weighted by Gasteiger charge is -2.19. The van der Waals surface area contributed by atoms with E-state index >= 15 is 0 Å². The van der Waals surface area contributed by atoms with Gasteiger partial charge in [-0.1, -0.05) is 0 Å². The van der Waals surface area contributed by atoms with Crippen LogP contribution in [0.4, 0.5) is 0 Å². The van der Waals surface area contributed by atoms with E-state index in [4.69, 9.17) is 9.47 Å². The Hall–Kier alpha value is -1.26. The quantitative estimate of drug-likeness (QED) is 0.784. The second-order valence-corrected chi connectivity index (χ2v) is 3.40. The Kier molecular flexibility index (Phi) is 5.08. The molecule has 1 heterocycles. The van der Waals surface area contributed by atoms with E-state index in [0.717, 1.165) is 31.0 Å². The molecule has 0 aromatic heterocycles. The van der Waals surface area contributed by atoms with Gasteiger partial charge in [-0.2, -0.15) is 0 Å². The average molecular weight is 224 g/mol. The summed E-state index contributed by atoms with van der Waals surface area (Å²) >= 11 is 0. The fourth-order valence-corrected chi connectivity index (χ4v) is 1.81. The number of hydrogen-bond acceptors (Lipinski definition) is 4. The predicted molar refractivity (Wildman–Crippen MR) is 65.1 cm³/mol. The lowest BCUT2D eigenvalue weighted by Crippen LogP contribution is -2.23. The third kappa shape index (κ3) is 2.65. The van der Waals surface area contributed by atoms with Crippen molar-refractivity contribution in [3.05, 3.63) is 23.3 Å². The molecule has 4 heteroatoms. The number of nitrogens with two attached hydrogens (primary N) is 1. The monoisotopic (exact) mass is 224 g/mol. The van der Waals surface area contributed by atoms with E-state index in [1.807, 2.05) is 0 Å². The zero-order valence-electron chi connectivity index (χ0n) is 10.2. The van der Waals surface area contributed by atoms with Crippen LogP contribution in [0.5, 0.6) is 11.5 Å². The first-order valence-electron chi connectivity index (χ1n) is 5.37. The molecule has 0 saturated carbocycles. The lowest BCUT2D eigenvalue weighted by atomic mass is 10.0. The molecule has 4 nitrogen and oxygen atoms in total. The van der Waals surface area contributed by atoms with E-state index in [0.29, 0.717) is 0 Å². The molecular weight excluding hydrogens is 204 g/mol. The number of methoxy groups -OCH3 is 2. The van der Waals surface area contributed by atoms with E-state index in [-0.39, 0.29) is 0 Å². The average Bonchev–Trinajstić information content (AvgIpc) is 2.39. The fraction of sp³-hybridized carbons (Fsp3) is 0.500. The summed E-state index contributed by atoms with van der Waals surface area (Å²) in [6, 6.07) is 4.13. The van der Waals surface area contributed by atoms with Gasteiger partial charge in [0, 0.05) is 6.54 Å². The molecule has 0 saturated heterocycles. The maximum absolute atomic E-state index is 5.26. The van der Waals surface area contributed by atoms with Crippen molar-refractivity contribution in [2.24, 2.45) is 5.73 Å². The van der Waals surface area contributed by atoms with Crippen molar-refractivity contribution in [2.45, 2.75) is 13.0 Å². The molecule has 90 valence electrons. The van der Waals surface area contributed by atoms with Crippen LogP contribution in [0.3, 0.4) is 0 Å². The van der Waals surface area contributed by atoms with Crippen LogP contribution in [-0.2, 0) is 13.0 Å². The highest BCUT2D eigenvalue weighted by Crippen LogP contribution is 2.31. The summed E-state index contributed by atoms with van der Waals surface area (Å²) in [6.45, 7) is 1.97. The van der Waals surface area contributed by atoms with Crippen molar-refractivity contribution in [1.29, 1.82) is 0 Å². The summed E-state index contributed by atoms with van der Waals surface area (Å²) in [7, 11) is 4.84. The Morgan fingerprint density at radius 2 is 1.62 bits per heavy atom. The van der Waals surface area contributed by atoms with Crippen LogP contribution in [0.15, 0.2) is 12.1 Å². The van der Waals surface area contributed by atoms with Gasteiger partial charge >= 0.3 is 0 Å². The number of rotatable bonds is 2.